The summed E-state index contributed by atoms with van der Waals surface area (Å²) in [7, 11) is 0. The molecule has 2 saturated carbocycles. The molecule has 1 aromatic rings. The number of hydrogen-bond acceptors (Lipinski definition) is 9. The van der Waals surface area contributed by atoms with Gasteiger partial charge in [0.05, 0.1) is 26.4 Å². The van der Waals surface area contributed by atoms with Gasteiger partial charge in [0.25, 0.3) is 0 Å². The number of hydrogen-bond donors (Lipinski definition) is 4. The molecule has 170 valence electrons. The minimum absolute atomic E-state index is 0.486. The van der Waals surface area contributed by atoms with Crippen molar-refractivity contribution in [2.75, 3.05) is 62.0 Å². The summed E-state index contributed by atoms with van der Waals surface area (Å²) in [6, 6.07) is 0.486. The summed E-state index contributed by atoms with van der Waals surface area (Å²) in [5.74, 6) is 4.13. The Hall–Kier alpha value is -1.71. The molecule has 0 spiro atoms. The number of aromatic nitrogens is 3. The van der Waals surface area contributed by atoms with Gasteiger partial charge in [0.2, 0.25) is 17.8 Å². The summed E-state index contributed by atoms with van der Waals surface area (Å²) in [5.41, 5.74) is 5.39. The van der Waals surface area contributed by atoms with Gasteiger partial charge < -0.3 is 31.2 Å². The van der Waals surface area contributed by atoms with Gasteiger partial charge in [-0.2, -0.15) is 15.0 Å². The van der Waals surface area contributed by atoms with Crippen LogP contribution in [0.2, 0.25) is 0 Å². The van der Waals surface area contributed by atoms with E-state index in [1.165, 1.54) is 25.7 Å². The van der Waals surface area contributed by atoms with E-state index < -0.39 is 0 Å². The summed E-state index contributed by atoms with van der Waals surface area (Å²) >= 11 is 0. The minimum Gasteiger partial charge on any atom is -0.378 e. The van der Waals surface area contributed by atoms with Gasteiger partial charge in [-0.3, -0.25) is 0 Å². The van der Waals surface area contributed by atoms with Gasteiger partial charge in [0.15, 0.2) is 0 Å². The van der Waals surface area contributed by atoms with E-state index in [1.54, 1.807) is 0 Å². The molecule has 0 aromatic carbocycles. The Labute approximate surface area is 180 Å². The molecule has 2 fully saturated rings. The molecule has 9 nitrogen and oxygen atoms in total. The Morgan fingerprint density at radius 1 is 0.900 bits per heavy atom. The zero-order valence-electron chi connectivity index (χ0n) is 18.5. The van der Waals surface area contributed by atoms with Crippen molar-refractivity contribution in [3.63, 3.8) is 0 Å². The van der Waals surface area contributed by atoms with Gasteiger partial charge in [-0.25, -0.2) is 0 Å². The smallest absolute Gasteiger partial charge is 0.229 e. The van der Waals surface area contributed by atoms with Crippen molar-refractivity contribution in [1.82, 2.24) is 15.0 Å². The average Bonchev–Trinajstić information content (AvgIpc) is 3.33. The predicted octanol–water partition coefficient (Wildman–Crippen LogP) is 2.33. The highest BCUT2D eigenvalue weighted by Crippen LogP contribution is 2.45. The normalized spacial score (nSPS) is 22.6. The van der Waals surface area contributed by atoms with Crippen molar-refractivity contribution in [2.24, 2.45) is 23.5 Å². The number of nitrogens with two attached hydrogens (primary N) is 1. The maximum Gasteiger partial charge on any atom is 0.229 e. The number of fused-ring (bicyclic) bond motifs is 2. The molecule has 2 aliphatic carbocycles. The molecule has 0 amide bonds. The van der Waals surface area contributed by atoms with Gasteiger partial charge >= 0.3 is 0 Å². The maximum absolute atomic E-state index is 5.56. The summed E-state index contributed by atoms with van der Waals surface area (Å²) in [6.45, 7) is 8.67. The molecular weight excluding hydrogens is 382 g/mol. The number of ether oxygens (including phenoxy) is 2. The second kappa shape index (κ2) is 12.2. The van der Waals surface area contributed by atoms with E-state index in [9.17, 15) is 0 Å². The second-order valence-electron chi connectivity index (χ2n) is 8.78. The largest absolute Gasteiger partial charge is 0.378 e. The SMILES string of the molecule is CC(C)CCNc1nc(NCCOCCOCCN)nc(NC2CC3CCC2C3)n1. The molecule has 0 saturated heterocycles. The highest BCUT2D eigenvalue weighted by molar-refractivity contribution is 5.43. The molecule has 3 unspecified atom stereocenters. The number of nitrogens with one attached hydrogen (secondary N) is 3. The highest BCUT2D eigenvalue weighted by Gasteiger charge is 2.39. The number of rotatable bonds is 15. The third-order valence-electron chi connectivity index (χ3n) is 5.86. The lowest BCUT2D eigenvalue weighted by atomic mass is 9.95. The monoisotopic (exact) mass is 421 g/mol. The number of nitrogens with zero attached hydrogens (tertiary/aromatic N) is 3. The van der Waals surface area contributed by atoms with Crippen molar-refractivity contribution in [1.29, 1.82) is 0 Å². The van der Waals surface area contributed by atoms with Crippen LogP contribution < -0.4 is 21.7 Å². The van der Waals surface area contributed by atoms with Crippen LogP contribution in [0.4, 0.5) is 17.8 Å². The molecule has 9 heteroatoms. The Balaban J connectivity index is 1.50. The summed E-state index contributed by atoms with van der Waals surface area (Å²) in [6.07, 6.45) is 6.36. The molecular formula is C21H39N7O2. The molecule has 0 radical (unpaired) electrons. The van der Waals surface area contributed by atoms with E-state index >= 15 is 0 Å². The zero-order valence-corrected chi connectivity index (χ0v) is 18.5. The van der Waals surface area contributed by atoms with Gasteiger partial charge in [-0.1, -0.05) is 20.3 Å². The third kappa shape index (κ3) is 7.52. The fourth-order valence-corrected chi connectivity index (χ4v) is 4.30. The van der Waals surface area contributed by atoms with Crippen molar-refractivity contribution < 1.29 is 9.47 Å². The van der Waals surface area contributed by atoms with E-state index in [0.717, 1.165) is 24.8 Å². The van der Waals surface area contributed by atoms with Gasteiger partial charge in [-0.15, -0.1) is 0 Å². The molecule has 0 aliphatic heterocycles. The summed E-state index contributed by atoms with van der Waals surface area (Å²) in [4.78, 5) is 13.8. The van der Waals surface area contributed by atoms with Crippen LogP contribution >= 0.6 is 0 Å². The van der Waals surface area contributed by atoms with E-state index in [2.05, 4.69) is 44.7 Å². The molecule has 2 aliphatic rings. The average molecular weight is 422 g/mol. The number of anilines is 3. The van der Waals surface area contributed by atoms with Crippen LogP contribution in [0, 0.1) is 17.8 Å². The van der Waals surface area contributed by atoms with E-state index in [0.29, 0.717) is 69.3 Å². The molecule has 1 aromatic heterocycles. The molecule has 3 rings (SSSR count). The van der Waals surface area contributed by atoms with Crippen LogP contribution in [0.1, 0.15) is 46.0 Å². The van der Waals surface area contributed by atoms with Gasteiger partial charge in [-0.05, 0) is 43.4 Å². The van der Waals surface area contributed by atoms with E-state index in [4.69, 9.17) is 15.2 Å². The van der Waals surface area contributed by atoms with Crippen LogP contribution in [0.15, 0.2) is 0 Å². The first-order chi connectivity index (χ1) is 14.6. The molecule has 3 atom stereocenters. The predicted molar refractivity (Wildman–Crippen MR) is 120 cm³/mol. The Morgan fingerprint density at radius 3 is 2.23 bits per heavy atom. The first-order valence-electron chi connectivity index (χ1n) is 11.5. The third-order valence-corrected chi connectivity index (χ3v) is 5.86. The topological polar surface area (TPSA) is 119 Å². The molecule has 1 heterocycles. The fraction of sp³-hybridized carbons (Fsp3) is 0.857. The van der Waals surface area contributed by atoms with E-state index in [-0.39, 0.29) is 0 Å². The maximum atomic E-state index is 5.56. The Bertz CT molecular complexity index is 631. The lowest BCUT2D eigenvalue weighted by Crippen LogP contribution is -2.27. The quantitative estimate of drug-likeness (QED) is 0.316. The zero-order chi connectivity index (χ0) is 21.2. The fourth-order valence-electron chi connectivity index (χ4n) is 4.30. The van der Waals surface area contributed by atoms with Gasteiger partial charge in [0, 0.05) is 25.7 Å². The van der Waals surface area contributed by atoms with E-state index in [1.807, 2.05) is 0 Å². The highest BCUT2D eigenvalue weighted by atomic mass is 16.5. The standard InChI is InChI=1S/C21H39N7O2/c1-15(2)5-7-23-19-26-20(24-8-10-30-12-11-29-9-6-22)28-21(27-19)25-18-14-16-3-4-17(18)13-16/h15-18H,3-14,22H2,1-2H3,(H3,23,24,25,26,27,28). The van der Waals surface area contributed by atoms with Crippen molar-refractivity contribution in [2.45, 2.75) is 52.0 Å². The van der Waals surface area contributed by atoms with Crippen LogP contribution in [0.3, 0.4) is 0 Å². The Morgan fingerprint density at radius 2 is 1.60 bits per heavy atom. The lowest BCUT2D eigenvalue weighted by Gasteiger charge is -2.23. The van der Waals surface area contributed by atoms with Gasteiger partial charge in [0.1, 0.15) is 0 Å². The molecule has 5 N–H and O–H groups in total. The van der Waals surface area contributed by atoms with Crippen LogP contribution in [-0.4, -0.2) is 67.1 Å². The first-order valence-corrected chi connectivity index (χ1v) is 11.5. The van der Waals surface area contributed by atoms with Crippen molar-refractivity contribution in [3.05, 3.63) is 0 Å². The Kier molecular flexibility index (Phi) is 9.35. The molecule has 2 bridgehead atoms. The minimum atomic E-state index is 0.486. The lowest BCUT2D eigenvalue weighted by molar-refractivity contribution is 0.0547. The van der Waals surface area contributed by atoms with Crippen molar-refractivity contribution in [3.8, 4) is 0 Å². The first kappa shape index (κ1) is 23.0. The summed E-state index contributed by atoms with van der Waals surface area (Å²) < 4.78 is 10.9. The molecule has 30 heavy (non-hydrogen) atoms. The second-order valence-corrected chi connectivity index (χ2v) is 8.78. The van der Waals surface area contributed by atoms with Crippen molar-refractivity contribution >= 4 is 17.8 Å². The van der Waals surface area contributed by atoms with Crippen LogP contribution in [-0.2, 0) is 9.47 Å². The van der Waals surface area contributed by atoms with Crippen LogP contribution in [0.5, 0.6) is 0 Å². The van der Waals surface area contributed by atoms with Crippen LogP contribution in [0.25, 0.3) is 0 Å². The summed E-state index contributed by atoms with van der Waals surface area (Å²) in [5, 5.41) is 10.2.